The molecule has 0 fully saturated rings. The molecule has 2 nitrogen and oxygen atoms in total. The smallest absolute Gasteiger partial charge is 0.129 e. The zero-order chi connectivity index (χ0) is 11.3. The molecule has 0 unspecified atom stereocenters. The number of pyridine rings is 1. The van der Waals surface area contributed by atoms with Crippen molar-refractivity contribution in [3.8, 4) is 0 Å². The summed E-state index contributed by atoms with van der Waals surface area (Å²) >= 11 is 13.7. The van der Waals surface area contributed by atoms with E-state index >= 15 is 0 Å². The number of aromatic nitrogens is 1. The Morgan fingerprint density at radius 1 is 1.40 bits per heavy atom. The van der Waals surface area contributed by atoms with Crippen molar-refractivity contribution in [2.45, 2.75) is 6.54 Å². The molecular formula is C10H14Cl2N2S. The number of thioether (sulfide) groups is 1. The van der Waals surface area contributed by atoms with Gasteiger partial charge in [0.25, 0.3) is 0 Å². The highest BCUT2D eigenvalue weighted by molar-refractivity contribution is 7.98. The molecule has 15 heavy (non-hydrogen) atoms. The summed E-state index contributed by atoms with van der Waals surface area (Å²) in [6.07, 6.45) is 2.10. The molecule has 0 aliphatic heterocycles. The molecule has 1 aromatic rings. The second-order valence-corrected chi connectivity index (χ2v) is 5.07. The minimum atomic E-state index is 0.493. The Morgan fingerprint density at radius 2 is 2.13 bits per heavy atom. The molecule has 84 valence electrons. The Morgan fingerprint density at radius 3 is 2.80 bits per heavy atom. The van der Waals surface area contributed by atoms with E-state index in [0.29, 0.717) is 10.2 Å². The second-order valence-electron chi connectivity index (χ2n) is 3.29. The van der Waals surface area contributed by atoms with Gasteiger partial charge in [-0.1, -0.05) is 23.2 Å². The molecule has 0 aliphatic rings. The lowest BCUT2D eigenvalue weighted by atomic mass is 10.3. The van der Waals surface area contributed by atoms with Crippen molar-refractivity contribution in [2.24, 2.45) is 0 Å². The van der Waals surface area contributed by atoms with Crippen LogP contribution in [0, 0.1) is 0 Å². The van der Waals surface area contributed by atoms with Crippen molar-refractivity contribution in [1.82, 2.24) is 9.88 Å². The molecule has 1 rings (SSSR count). The molecule has 0 spiro atoms. The Balaban J connectivity index is 2.59. The average Bonchev–Trinajstić information content (AvgIpc) is 2.20. The lowest BCUT2D eigenvalue weighted by Crippen LogP contribution is -2.21. The van der Waals surface area contributed by atoms with Crippen molar-refractivity contribution < 1.29 is 0 Å². The fourth-order valence-corrected chi connectivity index (χ4v) is 1.97. The van der Waals surface area contributed by atoms with Crippen LogP contribution in [0.15, 0.2) is 12.1 Å². The minimum Gasteiger partial charge on any atom is -0.300 e. The van der Waals surface area contributed by atoms with Crippen molar-refractivity contribution in [3.05, 3.63) is 28.0 Å². The number of rotatable bonds is 5. The minimum absolute atomic E-state index is 0.493. The van der Waals surface area contributed by atoms with Crippen LogP contribution in [0.3, 0.4) is 0 Å². The van der Waals surface area contributed by atoms with E-state index in [1.165, 1.54) is 0 Å². The van der Waals surface area contributed by atoms with Gasteiger partial charge in [0.1, 0.15) is 5.15 Å². The first-order valence-corrected chi connectivity index (χ1v) is 6.77. The van der Waals surface area contributed by atoms with E-state index in [-0.39, 0.29) is 0 Å². The number of hydrogen-bond donors (Lipinski definition) is 0. The summed E-state index contributed by atoms with van der Waals surface area (Å²) in [6, 6.07) is 3.49. The average molecular weight is 265 g/mol. The Labute approximate surface area is 105 Å². The molecule has 0 radical (unpaired) electrons. The number of halogens is 2. The molecule has 5 heteroatoms. The summed E-state index contributed by atoms with van der Waals surface area (Å²) in [7, 11) is 2.05. The van der Waals surface area contributed by atoms with Crippen LogP contribution in [0.5, 0.6) is 0 Å². The molecule has 0 saturated heterocycles. The van der Waals surface area contributed by atoms with Crippen LogP contribution in [-0.2, 0) is 6.54 Å². The van der Waals surface area contributed by atoms with Crippen molar-refractivity contribution in [3.63, 3.8) is 0 Å². The molecule has 0 amide bonds. The van der Waals surface area contributed by atoms with Crippen LogP contribution < -0.4 is 0 Å². The normalized spacial score (nSPS) is 11.0. The van der Waals surface area contributed by atoms with Gasteiger partial charge in [-0.05, 0) is 25.4 Å². The summed E-state index contributed by atoms with van der Waals surface area (Å²) in [6.45, 7) is 1.76. The van der Waals surface area contributed by atoms with E-state index in [2.05, 4.69) is 23.2 Å². The topological polar surface area (TPSA) is 16.1 Å². The van der Waals surface area contributed by atoms with Gasteiger partial charge in [-0.15, -0.1) is 0 Å². The molecule has 1 heterocycles. The maximum atomic E-state index is 6.02. The maximum absolute atomic E-state index is 6.02. The van der Waals surface area contributed by atoms with Crippen LogP contribution in [0.2, 0.25) is 10.2 Å². The van der Waals surface area contributed by atoms with Crippen LogP contribution in [0.1, 0.15) is 5.69 Å². The standard InChI is InChI=1S/C10H14Cl2N2S/c1-14(5-6-15-2)7-9-8(11)3-4-10(12)13-9/h3-4H,5-7H2,1-2H3. The van der Waals surface area contributed by atoms with E-state index in [9.17, 15) is 0 Å². The zero-order valence-corrected chi connectivity index (χ0v) is 11.2. The van der Waals surface area contributed by atoms with Gasteiger partial charge in [0, 0.05) is 18.8 Å². The van der Waals surface area contributed by atoms with Gasteiger partial charge in [0.05, 0.1) is 10.7 Å². The quantitative estimate of drug-likeness (QED) is 0.761. The highest BCUT2D eigenvalue weighted by atomic mass is 35.5. The molecule has 0 aromatic carbocycles. The first-order chi connectivity index (χ1) is 7.13. The summed E-state index contributed by atoms with van der Waals surface area (Å²) in [5.41, 5.74) is 0.841. The van der Waals surface area contributed by atoms with E-state index in [1.54, 1.807) is 12.1 Å². The number of nitrogens with zero attached hydrogens (tertiary/aromatic N) is 2. The highest BCUT2D eigenvalue weighted by Crippen LogP contribution is 2.18. The molecule has 0 aliphatic carbocycles. The highest BCUT2D eigenvalue weighted by Gasteiger charge is 2.06. The van der Waals surface area contributed by atoms with Gasteiger partial charge in [-0.2, -0.15) is 11.8 Å². The van der Waals surface area contributed by atoms with E-state index in [1.807, 2.05) is 11.8 Å². The van der Waals surface area contributed by atoms with Gasteiger partial charge in [0.2, 0.25) is 0 Å². The molecule has 0 bridgehead atoms. The lowest BCUT2D eigenvalue weighted by molar-refractivity contribution is 0.344. The van der Waals surface area contributed by atoms with Gasteiger partial charge in [-0.3, -0.25) is 4.90 Å². The van der Waals surface area contributed by atoms with Crippen LogP contribution in [-0.4, -0.2) is 35.5 Å². The Hall–Kier alpha value is 0.0400. The Bertz CT molecular complexity index is 320. The van der Waals surface area contributed by atoms with Crippen LogP contribution in [0.4, 0.5) is 0 Å². The molecule has 0 atom stereocenters. The SMILES string of the molecule is CSCCN(C)Cc1nc(Cl)ccc1Cl. The fraction of sp³-hybridized carbons (Fsp3) is 0.500. The molecule has 0 N–H and O–H groups in total. The van der Waals surface area contributed by atoms with Crippen LogP contribution >= 0.6 is 35.0 Å². The molecule has 1 aromatic heterocycles. The summed E-state index contributed by atoms with van der Waals surface area (Å²) in [5, 5.41) is 1.17. The van der Waals surface area contributed by atoms with E-state index < -0.39 is 0 Å². The van der Waals surface area contributed by atoms with Gasteiger partial charge < -0.3 is 0 Å². The number of hydrogen-bond acceptors (Lipinski definition) is 3. The van der Waals surface area contributed by atoms with E-state index in [4.69, 9.17) is 23.2 Å². The van der Waals surface area contributed by atoms with Gasteiger partial charge >= 0.3 is 0 Å². The van der Waals surface area contributed by atoms with Crippen LogP contribution in [0.25, 0.3) is 0 Å². The van der Waals surface area contributed by atoms with Crippen molar-refractivity contribution >= 4 is 35.0 Å². The predicted octanol–water partition coefficient (Wildman–Crippen LogP) is 3.18. The summed E-state index contributed by atoms with van der Waals surface area (Å²) in [5.74, 6) is 1.11. The fourth-order valence-electron chi connectivity index (χ4n) is 1.15. The zero-order valence-electron chi connectivity index (χ0n) is 8.83. The van der Waals surface area contributed by atoms with Gasteiger partial charge in [0.15, 0.2) is 0 Å². The monoisotopic (exact) mass is 264 g/mol. The van der Waals surface area contributed by atoms with Crippen molar-refractivity contribution in [2.75, 3.05) is 25.6 Å². The third-order valence-electron chi connectivity index (χ3n) is 1.98. The van der Waals surface area contributed by atoms with E-state index in [0.717, 1.165) is 24.5 Å². The molecular weight excluding hydrogens is 251 g/mol. The third-order valence-corrected chi connectivity index (χ3v) is 3.13. The first kappa shape index (κ1) is 13.1. The lowest BCUT2D eigenvalue weighted by Gasteiger charge is -2.16. The summed E-state index contributed by atoms with van der Waals surface area (Å²) in [4.78, 5) is 6.39. The second kappa shape index (κ2) is 6.59. The predicted molar refractivity (Wildman–Crippen MR) is 69.0 cm³/mol. The van der Waals surface area contributed by atoms with Crippen molar-refractivity contribution in [1.29, 1.82) is 0 Å². The summed E-state index contributed by atoms with van der Waals surface area (Å²) < 4.78 is 0. The molecule has 0 saturated carbocycles. The largest absolute Gasteiger partial charge is 0.300 e. The Kier molecular flexibility index (Phi) is 5.75. The first-order valence-electron chi connectivity index (χ1n) is 4.62. The third kappa shape index (κ3) is 4.60. The maximum Gasteiger partial charge on any atom is 0.129 e. The van der Waals surface area contributed by atoms with Gasteiger partial charge in [-0.25, -0.2) is 4.98 Å².